The number of hydrogen-bond acceptors (Lipinski definition) is 3. The molecular weight excluding hydrogens is 952 g/mol. The van der Waals surface area contributed by atoms with Gasteiger partial charge in [-0.05, 0) is 106 Å². The summed E-state index contributed by atoms with van der Waals surface area (Å²) in [6.45, 7) is 0. The predicted octanol–water partition coefficient (Wildman–Crippen LogP) is 15.9. The third-order valence-corrected chi connectivity index (χ3v) is 12.4. The van der Waals surface area contributed by atoms with Gasteiger partial charge in [-0.1, -0.05) is 91.0 Å². The zero-order chi connectivity index (χ0) is 49.4. The van der Waals surface area contributed by atoms with Gasteiger partial charge in [-0.15, -0.1) is 0 Å². The second-order valence-electron chi connectivity index (χ2n) is 15.5. The summed E-state index contributed by atoms with van der Waals surface area (Å²) in [5.74, 6) is -16.0. The van der Waals surface area contributed by atoms with E-state index in [1.165, 1.54) is 91.0 Å². The highest BCUT2D eigenvalue weighted by molar-refractivity contribution is 6.40. The van der Waals surface area contributed by atoms with Crippen molar-refractivity contribution in [2.75, 3.05) is 0 Å². The van der Waals surface area contributed by atoms with Crippen molar-refractivity contribution in [1.29, 1.82) is 0 Å². The number of halogens is 12. The van der Waals surface area contributed by atoms with Crippen molar-refractivity contribution in [2.24, 2.45) is 0 Å². The number of rotatable bonds is 12. The Kier molecular flexibility index (Phi) is 13.2. The van der Waals surface area contributed by atoms with Crippen LogP contribution in [0, 0.1) is 69.8 Å². The Labute approximate surface area is 395 Å². The molecule has 3 nitrogen and oxygen atoms in total. The Morgan fingerprint density at radius 1 is 0.214 bits per heavy atom. The standard InChI is InChI=1S/3C18H10F4O.Al/c3*19-14-6-4-10(8-16(14)21)12-2-1-3-13(18(12)23)11-5-7-15(20)17(22)9-11;/h3*1-9,23H;/q;;;+3/p-3. The SMILES string of the molecule is Fc1ccc(-c2cccc(-c3ccc(F)c(F)c3)c2[O][Al]([O]c2c(-c3ccc(F)c(F)c3)cccc2-c2ccc(F)c(F)c2)[O]c2c(-c3ccc(F)c(F)c3)cccc2-c2ccc(F)c(F)c2)cc1F. The lowest BCUT2D eigenvalue weighted by Gasteiger charge is -2.26. The number of hydrogen-bond donors (Lipinski definition) is 0. The van der Waals surface area contributed by atoms with Gasteiger partial charge in [-0.3, -0.25) is 0 Å². The third kappa shape index (κ3) is 9.56. The molecule has 0 unspecified atom stereocenters. The summed E-state index contributed by atoms with van der Waals surface area (Å²) in [5, 5.41) is 0. The lowest BCUT2D eigenvalue weighted by Crippen LogP contribution is -2.38. The lowest BCUT2D eigenvalue weighted by molar-refractivity contribution is 0.310. The molecule has 0 radical (unpaired) electrons. The van der Waals surface area contributed by atoms with Crippen LogP contribution < -0.4 is 11.4 Å². The number of benzene rings is 9. The smallest absolute Gasteiger partial charge is 0.576 e. The molecule has 348 valence electrons. The van der Waals surface area contributed by atoms with Gasteiger partial charge >= 0.3 is 15.1 Å². The van der Waals surface area contributed by atoms with E-state index in [4.69, 9.17) is 11.4 Å². The van der Waals surface area contributed by atoms with E-state index >= 15 is 26.3 Å². The van der Waals surface area contributed by atoms with Gasteiger partial charge in [0.1, 0.15) is 17.2 Å². The van der Waals surface area contributed by atoms with Gasteiger partial charge in [0.15, 0.2) is 69.8 Å². The largest absolute Gasteiger partial charge is 1.20 e. The molecule has 9 aromatic rings. The third-order valence-electron chi connectivity index (χ3n) is 11.1. The van der Waals surface area contributed by atoms with E-state index in [1.807, 2.05) is 0 Å². The molecule has 0 aliphatic rings. The van der Waals surface area contributed by atoms with Gasteiger partial charge < -0.3 is 11.4 Å². The van der Waals surface area contributed by atoms with Gasteiger partial charge in [-0.2, -0.15) is 0 Å². The summed E-state index contributed by atoms with van der Waals surface area (Å²) in [7, 11) is 0. The normalized spacial score (nSPS) is 11.1. The van der Waals surface area contributed by atoms with Crippen LogP contribution in [0.3, 0.4) is 0 Å². The maximum absolute atomic E-state index is 15.0. The minimum absolute atomic E-state index is 0.0183. The summed E-state index contributed by atoms with van der Waals surface area (Å²) < 4.78 is 197. The molecule has 0 atom stereocenters. The average Bonchev–Trinajstić information content (AvgIpc) is 3.34. The molecule has 16 heteroatoms. The van der Waals surface area contributed by atoms with Crippen LogP contribution in [0.25, 0.3) is 66.8 Å². The molecular formula is C54H27AlF12O3. The highest BCUT2D eigenvalue weighted by Crippen LogP contribution is 2.46. The fourth-order valence-electron chi connectivity index (χ4n) is 7.70. The van der Waals surface area contributed by atoms with Crippen molar-refractivity contribution in [3.05, 3.63) is 234 Å². The van der Waals surface area contributed by atoms with Crippen molar-refractivity contribution in [3.8, 4) is 84.0 Å². The molecule has 70 heavy (non-hydrogen) atoms. The zero-order valence-electron chi connectivity index (χ0n) is 35.4. The first kappa shape index (κ1) is 47.2. The van der Waals surface area contributed by atoms with Crippen molar-refractivity contribution < 1.29 is 64.1 Å². The van der Waals surface area contributed by atoms with E-state index in [0.29, 0.717) is 0 Å². The summed E-state index contributed by atoms with van der Waals surface area (Å²) in [4.78, 5) is 0. The molecule has 0 heterocycles. The van der Waals surface area contributed by atoms with E-state index in [1.54, 1.807) is 0 Å². The van der Waals surface area contributed by atoms with Crippen molar-refractivity contribution >= 4 is 15.1 Å². The van der Waals surface area contributed by atoms with Gasteiger partial charge in [0.2, 0.25) is 0 Å². The molecule has 0 N–H and O–H groups in total. The van der Waals surface area contributed by atoms with E-state index in [0.717, 1.165) is 72.8 Å². The highest BCUT2D eigenvalue weighted by Gasteiger charge is 2.48. The molecule has 0 aliphatic carbocycles. The number of para-hydroxylation sites is 3. The Morgan fingerprint density at radius 2 is 0.386 bits per heavy atom. The summed E-state index contributed by atoms with van der Waals surface area (Å²) in [6.07, 6.45) is 0. The fourth-order valence-corrected chi connectivity index (χ4v) is 9.18. The van der Waals surface area contributed by atoms with Crippen molar-refractivity contribution in [2.45, 2.75) is 0 Å². The van der Waals surface area contributed by atoms with Gasteiger partial charge in [0, 0.05) is 33.4 Å². The molecule has 9 aromatic carbocycles. The molecule has 0 saturated heterocycles. The first-order valence-corrected chi connectivity index (χ1v) is 22.2. The molecule has 0 amide bonds. The lowest BCUT2D eigenvalue weighted by atomic mass is 9.97. The van der Waals surface area contributed by atoms with Crippen molar-refractivity contribution in [3.63, 3.8) is 0 Å². The van der Waals surface area contributed by atoms with Crippen LogP contribution in [0.1, 0.15) is 0 Å². The van der Waals surface area contributed by atoms with Crippen molar-refractivity contribution in [1.82, 2.24) is 0 Å². The van der Waals surface area contributed by atoms with Crippen LogP contribution in [-0.2, 0) is 0 Å². The molecule has 9 rings (SSSR count). The highest BCUT2D eigenvalue weighted by atomic mass is 27.3. The minimum atomic E-state index is -4.46. The quantitative estimate of drug-likeness (QED) is 0.0902. The average molecular weight is 979 g/mol. The molecule has 0 saturated carbocycles. The molecule has 0 aliphatic heterocycles. The van der Waals surface area contributed by atoms with Gasteiger partial charge in [0.05, 0.1) is 0 Å². The first-order valence-electron chi connectivity index (χ1n) is 20.7. The molecule has 0 fully saturated rings. The first-order chi connectivity index (χ1) is 33.6. The topological polar surface area (TPSA) is 27.7 Å². The Morgan fingerprint density at radius 3 is 0.543 bits per heavy atom. The second-order valence-corrected chi connectivity index (χ2v) is 16.7. The maximum atomic E-state index is 15.0. The van der Waals surface area contributed by atoms with Crippen LogP contribution in [0.2, 0.25) is 0 Å². The summed E-state index contributed by atoms with van der Waals surface area (Å²) in [6, 6.07) is 29.7. The molecule has 0 aromatic heterocycles. The summed E-state index contributed by atoms with van der Waals surface area (Å²) in [5.41, 5.74) is -0.274. The van der Waals surface area contributed by atoms with E-state index in [9.17, 15) is 26.3 Å². The van der Waals surface area contributed by atoms with Gasteiger partial charge in [0.25, 0.3) is 0 Å². The monoisotopic (exact) mass is 978 g/mol. The van der Waals surface area contributed by atoms with E-state index in [-0.39, 0.29) is 84.0 Å². The van der Waals surface area contributed by atoms with Crippen LogP contribution in [0.15, 0.2) is 164 Å². The van der Waals surface area contributed by atoms with Crippen LogP contribution in [0.5, 0.6) is 17.2 Å². The van der Waals surface area contributed by atoms with Crippen LogP contribution in [-0.4, -0.2) is 15.1 Å². The Hall–Kier alpha value is -7.93. The maximum Gasteiger partial charge on any atom is 1.20 e. The summed E-state index contributed by atoms with van der Waals surface area (Å²) >= 11 is -4.46. The Balaban J connectivity index is 1.34. The predicted molar refractivity (Wildman–Crippen MR) is 239 cm³/mol. The van der Waals surface area contributed by atoms with Crippen LogP contribution >= 0.6 is 0 Å². The van der Waals surface area contributed by atoms with E-state index < -0.39 is 85.0 Å². The molecule has 0 bridgehead atoms. The molecule has 0 spiro atoms. The second kappa shape index (κ2) is 19.6. The van der Waals surface area contributed by atoms with Gasteiger partial charge in [-0.25, -0.2) is 52.7 Å². The minimum Gasteiger partial charge on any atom is -0.576 e. The van der Waals surface area contributed by atoms with Crippen LogP contribution in [0.4, 0.5) is 52.7 Å². The fraction of sp³-hybridized carbons (Fsp3) is 0. The Bertz CT molecular complexity index is 2920. The van der Waals surface area contributed by atoms with E-state index in [2.05, 4.69) is 0 Å². The zero-order valence-corrected chi connectivity index (χ0v) is 36.6.